The summed E-state index contributed by atoms with van der Waals surface area (Å²) >= 11 is 0. The monoisotopic (exact) mass is 282 g/mol. The van der Waals surface area contributed by atoms with Crippen molar-refractivity contribution in [3.05, 3.63) is 16.7 Å². The molecule has 0 aromatic heterocycles. The molecule has 0 fully saturated rings. The van der Waals surface area contributed by atoms with E-state index >= 15 is 0 Å². The molecule has 0 saturated heterocycles. The van der Waals surface area contributed by atoms with Crippen molar-refractivity contribution in [1.29, 1.82) is 0 Å². The summed E-state index contributed by atoms with van der Waals surface area (Å²) in [5.41, 5.74) is 0.821. The van der Waals surface area contributed by atoms with Crippen LogP contribution in [0.2, 0.25) is 0 Å². The average Bonchev–Trinajstić information content (AvgIpc) is 2.49. The predicted octanol–water partition coefficient (Wildman–Crippen LogP) is 1.87. The van der Waals surface area contributed by atoms with Crippen LogP contribution in [0.25, 0.3) is 0 Å². The zero-order valence-corrected chi connectivity index (χ0v) is 12.0. The van der Waals surface area contributed by atoms with Crippen LogP contribution in [-0.4, -0.2) is 40.5 Å². The third kappa shape index (κ3) is 2.75. The lowest BCUT2D eigenvalue weighted by Gasteiger charge is -2.19. The molecule has 0 amide bonds. The van der Waals surface area contributed by atoms with Crippen LogP contribution in [0, 0.1) is 0 Å². The lowest BCUT2D eigenvalue weighted by molar-refractivity contribution is 0.111. The molecule has 0 saturated carbocycles. The second-order valence-electron chi connectivity index (χ2n) is 3.78. The third-order valence-electron chi connectivity index (χ3n) is 2.83. The zero-order valence-electron chi connectivity index (χ0n) is 12.0. The van der Waals surface area contributed by atoms with Crippen molar-refractivity contribution in [3.63, 3.8) is 0 Å². The molecular weight excluding hydrogens is 264 g/mol. The van der Waals surface area contributed by atoms with Gasteiger partial charge in [0.1, 0.15) is 17.2 Å². The van der Waals surface area contributed by atoms with E-state index in [9.17, 15) is 9.59 Å². The molecule has 6 heteroatoms. The number of rotatable bonds is 8. The highest BCUT2D eigenvalue weighted by molar-refractivity contribution is 5.95. The van der Waals surface area contributed by atoms with Crippen LogP contribution in [0.4, 0.5) is 0 Å². The second-order valence-corrected chi connectivity index (χ2v) is 3.78. The minimum atomic E-state index is 0.129. The van der Waals surface area contributed by atoms with Gasteiger partial charge in [0.05, 0.1) is 44.6 Å². The summed E-state index contributed by atoms with van der Waals surface area (Å²) in [6.45, 7) is 2.48. The van der Waals surface area contributed by atoms with Gasteiger partial charge in [0, 0.05) is 6.61 Å². The van der Waals surface area contributed by atoms with Gasteiger partial charge in [0.25, 0.3) is 0 Å². The molecule has 0 atom stereocenters. The van der Waals surface area contributed by atoms with Crippen LogP contribution >= 0.6 is 0 Å². The molecule has 1 aromatic rings. The van der Waals surface area contributed by atoms with E-state index in [2.05, 4.69) is 0 Å². The number of carbonyl (C=O) groups is 2. The van der Waals surface area contributed by atoms with Gasteiger partial charge in [-0.2, -0.15) is 0 Å². The van der Waals surface area contributed by atoms with E-state index in [0.717, 1.165) is 0 Å². The smallest absolute Gasteiger partial charge is 0.157 e. The molecule has 0 unspecified atom stereocenters. The normalized spacial score (nSPS) is 10.0. The molecule has 0 heterocycles. The largest absolute Gasteiger partial charge is 0.495 e. The second kappa shape index (κ2) is 7.49. The first kappa shape index (κ1) is 16.0. The lowest BCUT2D eigenvalue weighted by Crippen LogP contribution is -2.08. The summed E-state index contributed by atoms with van der Waals surface area (Å²) in [5.74, 6) is 0.699. The fourth-order valence-corrected chi connectivity index (χ4v) is 2.02. The quantitative estimate of drug-likeness (QED) is 0.678. The minimum Gasteiger partial charge on any atom is -0.495 e. The Kier molecular flexibility index (Phi) is 5.99. The molecular formula is C14H18O6. The molecule has 1 aromatic carbocycles. The van der Waals surface area contributed by atoms with E-state index in [-0.39, 0.29) is 35.0 Å². The lowest BCUT2D eigenvalue weighted by atomic mass is 10.0. The molecule has 6 nitrogen and oxygen atoms in total. The highest BCUT2D eigenvalue weighted by Crippen LogP contribution is 2.42. The Balaban J connectivity index is 3.69. The maximum Gasteiger partial charge on any atom is 0.157 e. The minimum absolute atomic E-state index is 0.129. The number of carbonyl (C=O) groups excluding carboxylic acids is 2. The Morgan fingerprint density at radius 2 is 1.30 bits per heavy atom. The first-order chi connectivity index (χ1) is 9.69. The Bertz CT molecular complexity index is 458. The molecule has 0 aliphatic carbocycles. The number of hydrogen-bond acceptors (Lipinski definition) is 6. The number of ether oxygens (including phenoxy) is 4. The first-order valence-electron chi connectivity index (χ1n) is 6.02. The Hall–Kier alpha value is -2.08. The summed E-state index contributed by atoms with van der Waals surface area (Å²) in [4.78, 5) is 22.6. The molecule has 1 rings (SSSR count). The van der Waals surface area contributed by atoms with Crippen LogP contribution in [0.5, 0.6) is 17.2 Å². The van der Waals surface area contributed by atoms with Crippen molar-refractivity contribution in [2.45, 2.75) is 13.5 Å². The van der Waals surface area contributed by atoms with Crippen LogP contribution in [0.1, 0.15) is 33.2 Å². The van der Waals surface area contributed by atoms with Gasteiger partial charge in [-0.3, -0.25) is 9.59 Å². The van der Waals surface area contributed by atoms with Crippen LogP contribution < -0.4 is 14.2 Å². The van der Waals surface area contributed by atoms with Crippen molar-refractivity contribution in [3.8, 4) is 17.2 Å². The predicted molar refractivity (Wildman–Crippen MR) is 72.2 cm³/mol. The Labute approximate surface area is 117 Å². The molecule has 0 aliphatic heterocycles. The van der Waals surface area contributed by atoms with Gasteiger partial charge < -0.3 is 18.9 Å². The van der Waals surface area contributed by atoms with E-state index in [0.29, 0.717) is 24.7 Å². The van der Waals surface area contributed by atoms with Gasteiger partial charge in [0.15, 0.2) is 12.6 Å². The van der Waals surface area contributed by atoms with Crippen molar-refractivity contribution in [2.75, 3.05) is 27.9 Å². The van der Waals surface area contributed by atoms with Crippen molar-refractivity contribution < 1.29 is 28.5 Å². The summed E-state index contributed by atoms with van der Waals surface area (Å²) in [6, 6.07) is 0. The Morgan fingerprint density at radius 1 is 0.850 bits per heavy atom. The zero-order chi connectivity index (χ0) is 15.1. The first-order valence-corrected chi connectivity index (χ1v) is 6.02. The van der Waals surface area contributed by atoms with Crippen LogP contribution in [-0.2, 0) is 11.3 Å². The van der Waals surface area contributed by atoms with E-state index in [1.807, 2.05) is 6.92 Å². The van der Waals surface area contributed by atoms with Crippen molar-refractivity contribution >= 4 is 12.6 Å². The summed E-state index contributed by atoms with van der Waals surface area (Å²) in [5, 5.41) is 0. The maximum absolute atomic E-state index is 11.3. The molecule has 0 N–H and O–H groups in total. The molecule has 0 spiro atoms. The molecule has 0 aliphatic rings. The SMILES string of the molecule is CCOCc1c(OC)c(C=O)c(OC)c(C=O)c1OC. The van der Waals surface area contributed by atoms with Gasteiger partial charge in [-0.15, -0.1) is 0 Å². The molecule has 0 radical (unpaired) electrons. The van der Waals surface area contributed by atoms with E-state index in [1.54, 1.807) is 0 Å². The molecule has 0 bridgehead atoms. The highest BCUT2D eigenvalue weighted by Gasteiger charge is 2.25. The van der Waals surface area contributed by atoms with Gasteiger partial charge in [-0.1, -0.05) is 0 Å². The summed E-state index contributed by atoms with van der Waals surface area (Å²) < 4.78 is 21.0. The number of benzene rings is 1. The fraction of sp³-hybridized carbons (Fsp3) is 0.429. The third-order valence-corrected chi connectivity index (χ3v) is 2.83. The Morgan fingerprint density at radius 3 is 1.60 bits per heavy atom. The van der Waals surface area contributed by atoms with Gasteiger partial charge in [0.2, 0.25) is 0 Å². The summed E-state index contributed by atoms with van der Waals surface area (Å²) in [7, 11) is 4.23. The van der Waals surface area contributed by atoms with Crippen molar-refractivity contribution in [2.24, 2.45) is 0 Å². The van der Waals surface area contributed by atoms with Crippen molar-refractivity contribution in [1.82, 2.24) is 0 Å². The fourth-order valence-electron chi connectivity index (χ4n) is 2.02. The molecule has 110 valence electrons. The highest BCUT2D eigenvalue weighted by atomic mass is 16.5. The van der Waals surface area contributed by atoms with E-state index < -0.39 is 0 Å². The van der Waals surface area contributed by atoms with Crippen LogP contribution in [0.15, 0.2) is 0 Å². The van der Waals surface area contributed by atoms with Gasteiger partial charge in [-0.05, 0) is 6.92 Å². The van der Waals surface area contributed by atoms with Gasteiger partial charge >= 0.3 is 0 Å². The van der Waals surface area contributed by atoms with E-state index in [4.69, 9.17) is 18.9 Å². The topological polar surface area (TPSA) is 71.1 Å². The molecule has 20 heavy (non-hydrogen) atoms. The van der Waals surface area contributed by atoms with Crippen LogP contribution in [0.3, 0.4) is 0 Å². The summed E-state index contributed by atoms with van der Waals surface area (Å²) in [6.07, 6.45) is 1.17. The van der Waals surface area contributed by atoms with E-state index in [1.165, 1.54) is 21.3 Å². The number of methoxy groups -OCH3 is 3. The standard InChI is InChI=1S/C14H18O6/c1-5-20-8-11-13(18-3)9(6-15)12(17-2)10(7-16)14(11)19-4/h6-7H,5,8H2,1-4H3. The number of hydrogen-bond donors (Lipinski definition) is 0. The van der Waals surface area contributed by atoms with Gasteiger partial charge in [-0.25, -0.2) is 0 Å². The number of aldehydes is 2. The maximum atomic E-state index is 11.3. The average molecular weight is 282 g/mol.